The number of rotatable bonds is 8. The molecule has 1 aliphatic rings. The normalized spacial score (nSPS) is 22.0. The number of hydrogen-bond donors (Lipinski definition) is 2. The second-order valence-electron chi connectivity index (χ2n) is 6.73. The molecule has 1 aliphatic heterocycles. The van der Waals surface area contributed by atoms with Crippen molar-refractivity contribution < 1.29 is 13.2 Å². The maximum absolute atomic E-state index is 12.6. The van der Waals surface area contributed by atoms with E-state index in [0.717, 1.165) is 13.0 Å². The fraction of sp³-hybridized carbons (Fsp3) is 0.722. The first kappa shape index (κ1) is 22.1. The zero-order valence-electron chi connectivity index (χ0n) is 16.7. The average Bonchev–Trinajstić information content (AvgIpc) is 3.07. The van der Waals surface area contributed by atoms with Gasteiger partial charge in [-0.05, 0) is 39.3 Å². The summed E-state index contributed by atoms with van der Waals surface area (Å²) < 4.78 is 32.4. The van der Waals surface area contributed by atoms with Crippen LogP contribution in [0.3, 0.4) is 0 Å². The lowest BCUT2D eigenvalue weighted by atomic mass is 10.3. The number of aliphatic imine (C=N–C) groups is 1. The molecule has 0 amide bonds. The van der Waals surface area contributed by atoms with Gasteiger partial charge in [0, 0.05) is 35.9 Å². The Kier molecular flexibility index (Phi) is 8.53. The summed E-state index contributed by atoms with van der Waals surface area (Å²) in [4.78, 5) is 7.11. The number of ether oxygens (including phenoxy) is 1. The molecular weight excluding hydrogens is 384 g/mol. The molecule has 0 spiro atoms. The molecule has 1 aromatic heterocycles. The summed E-state index contributed by atoms with van der Waals surface area (Å²) in [5.74, 6) is 0.679. The van der Waals surface area contributed by atoms with Crippen LogP contribution < -0.4 is 10.6 Å². The summed E-state index contributed by atoms with van der Waals surface area (Å²) in [6.45, 7) is 10.4. The summed E-state index contributed by atoms with van der Waals surface area (Å²) in [7, 11) is -3.32. The molecule has 27 heavy (non-hydrogen) atoms. The smallest absolute Gasteiger partial charge is 0.216 e. The number of morpholine rings is 1. The van der Waals surface area contributed by atoms with Crippen LogP contribution in [0.5, 0.6) is 0 Å². The molecule has 0 saturated carbocycles. The molecule has 1 saturated heterocycles. The van der Waals surface area contributed by atoms with Crippen molar-refractivity contribution in [3.8, 4) is 0 Å². The van der Waals surface area contributed by atoms with Crippen LogP contribution in [-0.2, 0) is 27.7 Å². The van der Waals surface area contributed by atoms with Crippen LogP contribution in [-0.4, -0.2) is 62.8 Å². The van der Waals surface area contributed by atoms with Crippen molar-refractivity contribution in [1.29, 1.82) is 0 Å². The molecule has 1 aromatic rings. The third-order valence-electron chi connectivity index (χ3n) is 4.23. The van der Waals surface area contributed by atoms with Crippen molar-refractivity contribution in [2.45, 2.75) is 52.9 Å². The fourth-order valence-electron chi connectivity index (χ4n) is 2.98. The predicted molar refractivity (Wildman–Crippen MR) is 112 cm³/mol. The molecule has 2 heterocycles. The highest BCUT2D eigenvalue weighted by molar-refractivity contribution is 7.89. The molecule has 1 fully saturated rings. The van der Waals surface area contributed by atoms with Gasteiger partial charge in [0.15, 0.2) is 5.96 Å². The first-order valence-corrected chi connectivity index (χ1v) is 12.0. The fourth-order valence-corrected chi connectivity index (χ4v) is 5.36. The van der Waals surface area contributed by atoms with Crippen LogP contribution >= 0.6 is 11.3 Å². The van der Waals surface area contributed by atoms with E-state index in [0.29, 0.717) is 32.1 Å². The third-order valence-corrected chi connectivity index (χ3v) is 7.25. The highest BCUT2D eigenvalue weighted by Gasteiger charge is 2.30. The Balaban J connectivity index is 1.88. The topological polar surface area (TPSA) is 83.0 Å². The molecule has 2 rings (SSSR count). The first-order valence-electron chi connectivity index (χ1n) is 9.57. The molecule has 0 aromatic carbocycles. The lowest BCUT2D eigenvalue weighted by Crippen LogP contribution is -2.50. The van der Waals surface area contributed by atoms with Gasteiger partial charge in [0.2, 0.25) is 10.0 Å². The molecule has 0 bridgehead atoms. The minimum atomic E-state index is -3.32. The van der Waals surface area contributed by atoms with Crippen LogP contribution in [0.2, 0.25) is 0 Å². The van der Waals surface area contributed by atoms with Gasteiger partial charge in [0.1, 0.15) is 0 Å². The summed E-state index contributed by atoms with van der Waals surface area (Å²) in [5.41, 5.74) is 0. The zero-order chi connectivity index (χ0) is 19.9. The second kappa shape index (κ2) is 10.4. The minimum absolute atomic E-state index is 0.0375. The molecule has 0 aliphatic carbocycles. The SMILES string of the molecule is CCNC(=NCc1ccc(CC)s1)NCCS(=O)(=O)N1CC(C)OC(C)C1. The van der Waals surface area contributed by atoms with Gasteiger partial charge in [0.25, 0.3) is 0 Å². The van der Waals surface area contributed by atoms with Gasteiger partial charge in [-0.15, -0.1) is 11.3 Å². The molecule has 0 radical (unpaired) electrons. The molecule has 7 nitrogen and oxygen atoms in total. The molecular formula is C18H32N4O3S2. The monoisotopic (exact) mass is 416 g/mol. The summed E-state index contributed by atoms with van der Waals surface area (Å²) in [6, 6.07) is 4.23. The van der Waals surface area contributed by atoms with Crippen molar-refractivity contribution in [3.63, 3.8) is 0 Å². The maximum atomic E-state index is 12.6. The van der Waals surface area contributed by atoms with Crippen LogP contribution in [0, 0.1) is 0 Å². The standard InChI is InChI=1S/C18H32N4O3S2/c1-5-16-7-8-17(26-16)11-21-18(19-6-2)20-9-10-27(23,24)22-12-14(3)25-15(4)13-22/h7-8,14-15H,5-6,9-13H2,1-4H3,(H2,19,20,21). The van der Waals surface area contributed by atoms with Crippen molar-refractivity contribution >= 4 is 27.3 Å². The van der Waals surface area contributed by atoms with E-state index >= 15 is 0 Å². The number of guanidine groups is 1. The van der Waals surface area contributed by atoms with Crippen molar-refractivity contribution in [2.24, 2.45) is 4.99 Å². The molecule has 154 valence electrons. The second-order valence-corrected chi connectivity index (χ2v) is 10.1. The van der Waals surface area contributed by atoms with E-state index in [2.05, 4.69) is 34.7 Å². The molecule has 9 heteroatoms. The van der Waals surface area contributed by atoms with Gasteiger partial charge in [-0.2, -0.15) is 4.31 Å². The van der Waals surface area contributed by atoms with Gasteiger partial charge >= 0.3 is 0 Å². The van der Waals surface area contributed by atoms with Crippen molar-refractivity contribution in [1.82, 2.24) is 14.9 Å². The van der Waals surface area contributed by atoms with Crippen LogP contribution in [0.15, 0.2) is 17.1 Å². The minimum Gasteiger partial charge on any atom is -0.373 e. The van der Waals surface area contributed by atoms with Gasteiger partial charge < -0.3 is 15.4 Å². The average molecular weight is 417 g/mol. The summed E-state index contributed by atoms with van der Waals surface area (Å²) >= 11 is 1.76. The van der Waals surface area contributed by atoms with Crippen molar-refractivity contribution in [3.05, 3.63) is 21.9 Å². The van der Waals surface area contributed by atoms with E-state index in [1.807, 2.05) is 20.8 Å². The predicted octanol–water partition coefficient (Wildman–Crippen LogP) is 1.80. The number of thiophene rings is 1. The highest BCUT2D eigenvalue weighted by Crippen LogP contribution is 2.17. The van der Waals surface area contributed by atoms with E-state index in [1.54, 1.807) is 11.3 Å². The Bertz CT molecular complexity index is 708. The number of nitrogens with zero attached hydrogens (tertiary/aromatic N) is 2. The van der Waals surface area contributed by atoms with Gasteiger partial charge in [-0.1, -0.05) is 6.92 Å². The zero-order valence-corrected chi connectivity index (χ0v) is 18.3. The van der Waals surface area contributed by atoms with E-state index < -0.39 is 10.0 Å². The van der Waals surface area contributed by atoms with Gasteiger partial charge in [-0.3, -0.25) is 0 Å². The molecule has 2 N–H and O–H groups in total. The number of hydrogen-bond acceptors (Lipinski definition) is 5. The van der Waals surface area contributed by atoms with E-state index in [4.69, 9.17) is 4.74 Å². The third kappa shape index (κ3) is 7.06. The van der Waals surface area contributed by atoms with E-state index in [9.17, 15) is 8.42 Å². The maximum Gasteiger partial charge on any atom is 0.216 e. The number of sulfonamides is 1. The van der Waals surface area contributed by atoms with E-state index in [-0.39, 0.29) is 18.0 Å². The quantitative estimate of drug-likeness (QED) is 0.499. The van der Waals surface area contributed by atoms with Crippen LogP contribution in [0.4, 0.5) is 0 Å². The van der Waals surface area contributed by atoms with Crippen molar-refractivity contribution in [2.75, 3.05) is 31.9 Å². The lowest BCUT2D eigenvalue weighted by molar-refractivity contribution is -0.0440. The van der Waals surface area contributed by atoms with E-state index in [1.165, 1.54) is 14.1 Å². The van der Waals surface area contributed by atoms with Gasteiger partial charge in [0.05, 0.1) is 24.5 Å². The Morgan fingerprint density at radius 1 is 1.22 bits per heavy atom. The summed E-state index contributed by atoms with van der Waals surface area (Å²) in [5, 5.41) is 6.30. The molecule has 2 unspecified atom stereocenters. The Labute approximate surface area is 167 Å². The molecule has 2 atom stereocenters. The lowest BCUT2D eigenvalue weighted by Gasteiger charge is -2.34. The highest BCUT2D eigenvalue weighted by atomic mass is 32.2. The largest absolute Gasteiger partial charge is 0.373 e. The van der Waals surface area contributed by atoms with Crippen LogP contribution in [0.25, 0.3) is 0 Å². The Morgan fingerprint density at radius 2 is 1.89 bits per heavy atom. The Morgan fingerprint density at radius 3 is 2.48 bits per heavy atom. The van der Waals surface area contributed by atoms with Crippen LogP contribution in [0.1, 0.15) is 37.4 Å². The number of aryl methyl sites for hydroxylation is 1. The summed E-state index contributed by atoms with van der Waals surface area (Å²) in [6.07, 6.45) is 0.881. The van der Waals surface area contributed by atoms with Gasteiger partial charge in [-0.25, -0.2) is 13.4 Å². The number of nitrogens with one attached hydrogen (secondary N) is 2. The Hall–Kier alpha value is -1.16. The first-order chi connectivity index (χ1) is 12.8.